The van der Waals surface area contributed by atoms with E-state index in [1.54, 1.807) is 12.1 Å². The number of carbonyl (C=O) groups is 1. The van der Waals surface area contributed by atoms with Gasteiger partial charge in [-0.15, -0.1) is 11.3 Å². The number of thiophene rings is 1. The molecule has 0 radical (unpaired) electrons. The van der Waals surface area contributed by atoms with Crippen LogP contribution in [0.1, 0.15) is 24.3 Å². The Morgan fingerprint density at radius 2 is 2.22 bits per heavy atom. The van der Waals surface area contributed by atoms with E-state index in [4.69, 9.17) is 4.52 Å². The summed E-state index contributed by atoms with van der Waals surface area (Å²) < 4.78 is 19.1. The molecule has 4 rings (SSSR count). The summed E-state index contributed by atoms with van der Waals surface area (Å²) in [6.07, 6.45) is 1.67. The molecular weight excluding hydrogens is 367 g/mol. The molecule has 3 aromatic rings. The maximum Gasteiger partial charge on any atom is 0.246 e. The Hall–Kier alpha value is -2.58. The van der Waals surface area contributed by atoms with Gasteiger partial charge < -0.3 is 9.84 Å². The Kier molecular flexibility index (Phi) is 5.26. The first kappa shape index (κ1) is 17.8. The van der Waals surface area contributed by atoms with Crippen molar-refractivity contribution in [1.82, 2.24) is 20.4 Å². The van der Waals surface area contributed by atoms with Crippen LogP contribution < -0.4 is 5.32 Å². The SMILES string of the molecule is O=C(NCc1nc(-c2cccs2)no1)C1CCCN1Cc1ccccc1F. The lowest BCUT2D eigenvalue weighted by atomic mass is 10.1. The van der Waals surface area contributed by atoms with E-state index in [0.29, 0.717) is 23.8 Å². The molecule has 1 N–H and O–H groups in total. The van der Waals surface area contributed by atoms with Crippen molar-refractivity contribution in [3.05, 3.63) is 59.0 Å². The van der Waals surface area contributed by atoms with Crippen molar-refractivity contribution < 1.29 is 13.7 Å². The fourth-order valence-corrected chi connectivity index (χ4v) is 3.92. The number of carbonyl (C=O) groups excluding carboxylic acids is 1. The van der Waals surface area contributed by atoms with Crippen molar-refractivity contribution in [3.8, 4) is 10.7 Å². The predicted octanol–water partition coefficient (Wildman–Crippen LogP) is 3.22. The largest absolute Gasteiger partial charge is 0.346 e. The highest BCUT2D eigenvalue weighted by Crippen LogP contribution is 2.23. The molecular formula is C19H19FN4O2S. The molecule has 6 nitrogen and oxygen atoms in total. The standard InChI is InChI=1S/C19H19FN4O2S/c20-14-6-2-1-5-13(14)12-24-9-3-7-15(24)19(25)21-11-17-22-18(23-26-17)16-8-4-10-27-16/h1-2,4-6,8,10,15H,3,7,9,11-12H2,(H,21,25). The van der Waals surface area contributed by atoms with Gasteiger partial charge in [0.2, 0.25) is 17.6 Å². The molecule has 1 aromatic carbocycles. The molecule has 0 bridgehead atoms. The van der Waals surface area contributed by atoms with E-state index < -0.39 is 0 Å². The molecule has 0 saturated carbocycles. The number of hydrogen-bond donors (Lipinski definition) is 1. The first-order valence-electron chi connectivity index (χ1n) is 8.82. The van der Waals surface area contributed by atoms with Gasteiger partial charge >= 0.3 is 0 Å². The highest BCUT2D eigenvalue weighted by Gasteiger charge is 2.31. The predicted molar refractivity (Wildman–Crippen MR) is 99.3 cm³/mol. The van der Waals surface area contributed by atoms with E-state index in [1.165, 1.54) is 17.4 Å². The van der Waals surface area contributed by atoms with Gasteiger partial charge in [0.05, 0.1) is 17.5 Å². The van der Waals surface area contributed by atoms with Crippen LogP contribution in [0.2, 0.25) is 0 Å². The van der Waals surface area contributed by atoms with Crippen LogP contribution in [-0.4, -0.2) is 33.5 Å². The van der Waals surface area contributed by atoms with Gasteiger partial charge in [-0.25, -0.2) is 4.39 Å². The van der Waals surface area contributed by atoms with Crippen molar-refractivity contribution in [2.45, 2.75) is 32.0 Å². The summed E-state index contributed by atoms with van der Waals surface area (Å²) in [5, 5.41) is 8.74. The molecule has 0 spiro atoms. The van der Waals surface area contributed by atoms with Crippen LogP contribution in [-0.2, 0) is 17.9 Å². The Bertz CT molecular complexity index is 912. The Labute approximate surface area is 160 Å². The second-order valence-electron chi connectivity index (χ2n) is 6.43. The number of nitrogens with one attached hydrogen (secondary N) is 1. The van der Waals surface area contributed by atoms with Crippen LogP contribution in [0.5, 0.6) is 0 Å². The number of hydrogen-bond acceptors (Lipinski definition) is 6. The average molecular weight is 386 g/mol. The molecule has 1 unspecified atom stereocenters. The second-order valence-corrected chi connectivity index (χ2v) is 7.37. The third-order valence-corrected chi connectivity index (χ3v) is 5.49. The lowest BCUT2D eigenvalue weighted by Crippen LogP contribution is -2.42. The zero-order valence-electron chi connectivity index (χ0n) is 14.6. The highest BCUT2D eigenvalue weighted by molar-refractivity contribution is 7.13. The first-order chi connectivity index (χ1) is 13.2. The Balaban J connectivity index is 1.35. The first-order valence-corrected chi connectivity index (χ1v) is 9.70. The number of amides is 1. The quantitative estimate of drug-likeness (QED) is 0.704. The summed E-state index contributed by atoms with van der Waals surface area (Å²) in [5.41, 5.74) is 0.606. The number of aromatic nitrogens is 2. The van der Waals surface area contributed by atoms with Crippen LogP contribution in [0.15, 0.2) is 46.3 Å². The van der Waals surface area contributed by atoms with Crippen molar-refractivity contribution in [2.75, 3.05) is 6.54 Å². The molecule has 140 valence electrons. The monoisotopic (exact) mass is 386 g/mol. The fourth-order valence-electron chi connectivity index (χ4n) is 3.27. The van der Waals surface area contributed by atoms with E-state index in [9.17, 15) is 9.18 Å². The second kappa shape index (κ2) is 7.98. The van der Waals surface area contributed by atoms with Crippen molar-refractivity contribution in [3.63, 3.8) is 0 Å². The van der Waals surface area contributed by atoms with Gasteiger partial charge in [-0.2, -0.15) is 4.98 Å². The third-order valence-electron chi connectivity index (χ3n) is 4.62. The highest BCUT2D eigenvalue weighted by atomic mass is 32.1. The molecule has 1 atom stereocenters. The number of halogens is 1. The van der Waals surface area contributed by atoms with E-state index >= 15 is 0 Å². The fraction of sp³-hybridized carbons (Fsp3) is 0.316. The molecule has 3 heterocycles. The van der Waals surface area contributed by atoms with Crippen molar-refractivity contribution in [2.24, 2.45) is 0 Å². The molecule has 2 aromatic heterocycles. The number of nitrogens with zero attached hydrogens (tertiary/aromatic N) is 3. The van der Waals surface area contributed by atoms with Crippen molar-refractivity contribution in [1.29, 1.82) is 0 Å². The summed E-state index contributed by atoms with van der Waals surface area (Å²) in [6, 6.07) is 10.2. The smallest absolute Gasteiger partial charge is 0.246 e. The molecule has 8 heteroatoms. The zero-order valence-corrected chi connectivity index (χ0v) is 15.4. The van der Waals surface area contributed by atoms with Gasteiger partial charge in [-0.3, -0.25) is 9.69 Å². The van der Waals surface area contributed by atoms with Crippen LogP contribution >= 0.6 is 11.3 Å². The van der Waals surface area contributed by atoms with E-state index in [1.807, 2.05) is 28.5 Å². The number of likely N-dealkylation sites (tertiary alicyclic amines) is 1. The van der Waals surface area contributed by atoms with Gasteiger partial charge in [0.15, 0.2) is 0 Å². The van der Waals surface area contributed by atoms with E-state index in [0.717, 1.165) is 24.3 Å². The third kappa shape index (κ3) is 4.06. The van der Waals surface area contributed by atoms with Gasteiger partial charge in [-0.05, 0) is 36.9 Å². The molecule has 1 fully saturated rings. The summed E-state index contributed by atoms with van der Waals surface area (Å²) in [4.78, 5) is 19.8. The Morgan fingerprint density at radius 3 is 3.04 bits per heavy atom. The van der Waals surface area contributed by atoms with Crippen LogP contribution in [0, 0.1) is 5.82 Å². The normalized spacial score (nSPS) is 17.3. The van der Waals surface area contributed by atoms with Gasteiger partial charge in [-0.1, -0.05) is 29.4 Å². The summed E-state index contributed by atoms with van der Waals surface area (Å²) >= 11 is 1.53. The topological polar surface area (TPSA) is 71.3 Å². The summed E-state index contributed by atoms with van der Waals surface area (Å²) in [7, 11) is 0. The zero-order chi connectivity index (χ0) is 18.6. The molecule has 1 aliphatic heterocycles. The lowest BCUT2D eigenvalue weighted by molar-refractivity contribution is -0.125. The minimum atomic E-state index is -0.274. The molecule has 27 heavy (non-hydrogen) atoms. The number of benzene rings is 1. The molecule has 1 saturated heterocycles. The van der Waals surface area contributed by atoms with Crippen LogP contribution in [0.3, 0.4) is 0 Å². The molecule has 0 aliphatic carbocycles. The lowest BCUT2D eigenvalue weighted by Gasteiger charge is -2.23. The van der Waals surface area contributed by atoms with Crippen molar-refractivity contribution >= 4 is 17.2 Å². The van der Waals surface area contributed by atoms with Crippen LogP contribution in [0.4, 0.5) is 4.39 Å². The maximum absolute atomic E-state index is 13.9. The van der Waals surface area contributed by atoms with Gasteiger partial charge in [0.25, 0.3) is 0 Å². The number of rotatable bonds is 6. The minimum absolute atomic E-state index is 0.0975. The van der Waals surface area contributed by atoms with Gasteiger partial charge in [0, 0.05) is 12.1 Å². The minimum Gasteiger partial charge on any atom is -0.346 e. The maximum atomic E-state index is 13.9. The van der Waals surface area contributed by atoms with E-state index in [2.05, 4.69) is 15.5 Å². The Morgan fingerprint density at radius 1 is 1.33 bits per heavy atom. The average Bonchev–Trinajstić information content (AvgIpc) is 3.42. The van der Waals surface area contributed by atoms with Gasteiger partial charge in [0.1, 0.15) is 5.82 Å². The van der Waals surface area contributed by atoms with E-state index in [-0.39, 0.29) is 24.3 Å². The van der Waals surface area contributed by atoms with Crippen LogP contribution in [0.25, 0.3) is 10.7 Å². The molecule has 1 aliphatic rings. The summed E-state index contributed by atoms with van der Waals surface area (Å²) in [6.45, 7) is 1.38. The molecule has 1 amide bonds. The summed E-state index contributed by atoms with van der Waals surface area (Å²) in [5.74, 6) is 0.553.